The van der Waals surface area contributed by atoms with E-state index in [2.05, 4.69) is 5.32 Å². The van der Waals surface area contributed by atoms with E-state index in [9.17, 15) is 18.0 Å². The van der Waals surface area contributed by atoms with Gasteiger partial charge in [-0.2, -0.15) is 0 Å². The first-order valence-electron chi connectivity index (χ1n) is 6.16. The van der Waals surface area contributed by atoms with Crippen molar-refractivity contribution in [2.24, 2.45) is 11.8 Å². The zero-order chi connectivity index (χ0) is 14.6. The maximum absolute atomic E-state index is 11.8. The Bertz CT molecular complexity index is 446. The first kappa shape index (κ1) is 15.9. The molecule has 7 nitrogen and oxygen atoms in total. The molecule has 2 atom stereocenters. The second-order valence-corrected chi connectivity index (χ2v) is 7.17. The van der Waals surface area contributed by atoms with Crippen LogP contribution in [0, 0.1) is 11.8 Å². The zero-order valence-corrected chi connectivity index (χ0v) is 11.9. The minimum absolute atomic E-state index is 0.00217. The second kappa shape index (κ2) is 6.33. The maximum Gasteiger partial charge on any atom is 0.307 e. The maximum atomic E-state index is 11.8. The van der Waals surface area contributed by atoms with Gasteiger partial charge in [0.1, 0.15) is 0 Å². The van der Waals surface area contributed by atoms with Crippen molar-refractivity contribution in [3.8, 4) is 0 Å². The fraction of sp³-hybridized carbons (Fsp3) is 0.818. The molecule has 0 bridgehead atoms. The first-order valence-corrected chi connectivity index (χ1v) is 7.77. The molecule has 0 radical (unpaired) electrons. The highest BCUT2D eigenvalue weighted by molar-refractivity contribution is 7.89. The Balaban J connectivity index is 2.46. The molecule has 1 saturated carbocycles. The van der Waals surface area contributed by atoms with Gasteiger partial charge in [0.25, 0.3) is 0 Å². The van der Waals surface area contributed by atoms with Crippen molar-refractivity contribution in [1.82, 2.24) is 9.62 Å². The van der Waals surface area contributed by atoms with Crippen LogP contribution in [0.4, 0.5) is 0 Å². The van der Waals surface area contributed by atoms with Gasteiger partial charge < -0.3 is 10.4 Å². The monoisotopic (exact) mass is 292 g/mol. The van der Waals surface area contributed by atoms with Crippen molar-refractivity contribution >= 4 is 21.9 Å². The first-order chi connectivity index (χ1) is 8.75. The topological polar surface area (TPSA) is 104 Å². The van der Waals surface area contributed by atoms with Gasteiger partial charge in [-0.25, -0.2) is 12.7 Å². The summed E-state index contributed by atoms with van der Waals surface area (Å²) in [5, 5.41) is 11.5. The Morgan fingerprint density at radius 3 is 2.37 bits per heavy atom. The van der Waals surface area contributed by atoms with Crippen molar-refractivity contribution < 1.29 is 23.1 Å². The third-order valence-electron chi connectivity index (χ3n) is 3.39. The summed E-state index contributed by atoms with van der Waals surface area (Å²) in [7, 11) is -0.495. The van der Waals surface area contributed by atoms with Crippen molar-refractivity contribution in [3.05, 3.63) is 0 Å². The number of nitrogens with zero attached hydrogens (tertiary/aromatic N) is 1. The van der Waals surface area contributed by atoms with Gasteiger partial charge in [0, 0.05) is 20.6 Å². The molecule has 8 heteroatoms. The van der Waals surface area contributed by atoms with Gasteiger partial charge in [-0.05, 0) is 12.8 Å². The van der Waals surface area contributed by atoms with E-state index < -0.39 is 27.8 Å². The van der Waals surface area contributed by atoms with E-state index in [1.165, 1.54) is 14.1 Å². The number of hydrogen-bond donors (Lipinski definition) is 2. The summed E-state index contributed by atoms with van der Waals surface area (Å²) in [5.41, 5.74) is 0. The van der Waals surface area contributed by atoms with Crippen LogP contribution in [0.25, 0.3) is 0 Å². The lowest BCUT2D eigenvalue weighted by Gasteiger charge is -2.16. The standard InChI is InChI=1S/C11H20N2O5S/c1-13(2)19(17,18)7-6-12-10(14)8-4-3-5-9(8)11(15)16/h8-9H,3-7H2,1-2H3,(H,12,14)(H,15,16). The number of carboxylic acids is 1. The number of amides is 1. The molecular weight excluding hydrogens is 272 g/mol. The number of sulfonamides is 1. The van der Waals surface area contributed by atoms with Crippen LogP contribution in [0.2, 0.25) is 0 Å². The summed E-state index contributed by atoms with van der Waals surface area (Å²) in [6.07, 6.45) is 1.76. The van der Waals surface area contributed by atoms with Crippen molar-refractivity contribution in [3.63, 3.8) is 0 Å². The van der Waals surface area contributed by atoms with E-state index in [1.54, 1.807) is 0 Å². The third-order valence-corrected chi connectivity index (χ3v) is 5.22. The Labute approximate surface area is 113 Å². The number of carboxylic acid groups (broad SMARTS) is 1. The fourth-order valence-electron chi connectivity index (χ4n) is 2.19. The van der Waals surface area contributed by atoms with Crippen LogP contribution < -0.4 is 5.32 Å². The molecule has 0 aromatic carbocycles. The number of nitrogens with one attached hydrogen (secondary N) is 1. The molecule has 1 rings (SSSR count). The highest BCUT2D eigenvalue weighted by atomic mass is 32.2. The largest absolute Gasteiger partial charge is 0.481 e. The van der Waals surface area contributed by atoms with Gasteiger partial charge in [0.15, 0.2) is 0 Å². The summed E-state index contributed by atoms with van der Waals surface area (Å²) < 4.78 is 24.1. The summed E-state index contributed by atoms with van der Waals surface area (Å²) in [6.45, 7) is 0.00217. The van der Waals surface area contributed by atoms with Gasteiger partial charge in [-0.3, -0.25) is 9.59 Å². The van der Waals surface area contributed by atoms with Crippen LogP contribution in [0.15, 0.2) is 0 Å². The van der Waals surface area contributed by atoms with E-state index in [0.29, 0.717) is 19.3 Å². The van der Waals surface area contributed by atoms with Gasteiger partial charge in [-0.1, -0.05) is 6.42 Å². The Hall–Kier alpha value is -1.15. The molecule has 1 aliphatic carbocycles. The molecule has 0 heterocycles. The predicted octanol–water partition coefficient (Wildman–Crippen LogP) is -0.505. The average Bonchev–Trinajstić information content (AvgIpc) is 2.77. The summed E-state index contributed by atoms with van der Waals surface area (Å²) >= 11 is 0. The molecular formula is C11H20N2O5S. The van der Waals surface area contributed by atoms with Crippen LogP contribution in [-0.2, 0) is 19.6 Å². The van der Waals surface area contributed by atoms with Gasteiger partial charge in [0.05, 0.1) is 17.6 Å². The number of aliphatic carboxylic acids is 1. The highest BCUT2D eigenvalue weighted by Gasteiger charge is 2.37. The Morgan fingerprint density at radius 2 is 1.84 bits per heavy atom. The van der Waals surface area contributed by atoms with E-state index in [4.69, 9.17) is 5.11 Å². The van der Waals surface area contributed by atoms with E-state index in [0.717, 1.165) is 4.31 Å². The lowest BCUT2D eigenvalue weighted by Crippen LogP contribution is -2.39. The molecule has 0 aliphatic heterocycles. The minimum Gasteiger partial charge on any atom is -0.481 e. The number of hydrogen-bond acceptors (Lipinski definition) is 4. The lowest BCUT2D eigenvalue weighted by atomic mass is 9.95. The van der Waals surface area contributed by atoms with Crippen LogP contribution in [0.3, 0.4) is 0 Å². The molecule has 0 spiro atoms. The molecule has 1 aliphatic rings. The van der Waals surface area contributed by atoms with E-state index >= 15 is 0 Å². The molecule has 19 heavy (non-hydrogen) atoms. The van der Waals surface area contributed by atoms with Crippen LogP contribution in [0.5, 0.6) is 0 Å². The lowest BCUT2D eigenvalue weighted by molar-refractivity contribution is -0.146. The highest BCUT2D eigenvalue weighted by Crippen LogP contribution is 2.31. The Kier molecular flexibility index (Phi) is 5.30. The van der Waals surface area contributed by atoms with Crippen LogP contribution >= 0.6 is 0 Å². The molecule has 0 saturated heterocycles. The van der Waals surface area contributed by atoms with Gasteiger partial charge >= 0.3 is 5.97 Å². The molecule has 1 amide bonds. The van der Waals surface area contributed by atoms with Crippen LogP contribution in [-0.4, -0.2) is 56.1 Å². The van der Waals surface area contributed by atoms with Crippen LogP contribution in [0.1, 0.15) is 19.3 Å². The fourth-order valence-corrected chi connectivity index (χ4v) is 2.91. The predicted molar refractivity (Wildman–Crippen MR) is 69.0 cm³/mol. The SMILES string of the molecule is CN(C)S(=O)(=O)CCNC(=O)C1CCCC1C(=O)O. The quantitative estimate of drug-likeness (QED) is 0.686. The van der Waals surface area contributed by atoms with E-state index in [1.807, 2.05) is 0 Å². The molecule has 2 N–H and O–H groups in total. The molecule has 0 aromatic heterocycles. The summed E-state index contributed by atoms with van der Waals surface area (Å²) in [4.78, 5) is 22.8. The molecule has 1 fully saturated rings. The molecule has 0 aromatic rings. The second-order valence-electron chi connectivity index (χ2n) is 4.87. The minimum atomic E-state index is -3.34. The van der Waals surface area contributed by atoms with Crippen molar-refractivity contribution in [2.75, 3.05) is 26.4 Å². The molecule has 2 unspecified atom stereocenters. The molecule has 110 valence electrons. The summed E-state index contributed by atoms with van der Waals surface area (Å²) in [5.74, 6) is -2.70. The average molecular weight is 292 g/mol. The number of carbonyl (C=O) groups excluding carboxylic acids is 1. The zero-order valence-electron chi connectivity index (χ0n) is 11.1. The number of rotatable bonds is 6. The smallest absolute Gasteiger partial charge is 0.307 e. The normalized spacial score (nSPS) is 23.5. The third kappa shape index (κ3) is 4.17. The van der Waals surface area contributed by atoms with Gasteiger partial charge in [-0.15, -0.1) is 0 Å². The summed E-state index contributed by atoms with van der Waals surface area (Å²) in [6, 6.07) is 0. The Morgan fingerprint density at radius 1 is 1.26 bits per heavy atom. The number of carbonyl (C=O) groups is 2. The van der Waals surface area contributed by atoms with Crippen molar-refractivity contribution in [2.45, 2.75) is 19.3 Å². The van der Waals surface area contributed by atoms with Gasteiger partial charge in [0.2, 0.25) is 15.9 Å². The van der Waals surface area contributed by atoms with E-state index in [-0.39, 0.29) is 18.2 Å². The van der Waals surface area contributed by atoms with Crippen molar-refractivity contribution in [1.29, 1.82) is 0 Å².